The number of aryl methyl sites for hydroxylation is 1. The van der Waals surface area contributed by atoms with Gasteiger partial charge in [0.05, 0.1) is 12.6 Å². The van der Waals surface area contributed by atoms with E-state index < -0.39 is 12.2 Å². The summed E-state index contributed by atoms with van der Waals surface area (Å²) in [6.07, 6.45) is 2.30. The minimum Gasteiger partial charge on any atom is -0.465 e. The Hall–Kier alpha value is -2.15. The molecule has 20 heavy (non-hydrogen) atoms. The Bertz CT molecular complexity index is 654. The topological polar surface area (TPSA) is 91.0 Å². The van der Waals surface area contributed by atoms with E-state index in [1.807, 2.05) is 19.2 Å². The van der Waals surface area contributed by atoms with Crippen molar-refractivity contribution in [3.05, 3.63) is 29.7 Å². The maximum atomic E-state index is 10.9. The van der Waals surface area contributed by atoms with E-state index in [-0.39, 0.29) is 12.5 Å². The molecular weight excluding hydrogens is 260 g/mol. The van der Waals surface area contributed by atoms with E-state index >= 15 is 0 Å². The average molecular weight is 276 g/mol. The third kappa shape index (κ3) is 2.09. The molecule has 2 aromatic heterocycles. The Balaban J connectivity index is 1.91. The first kappa shape index (κ1) is 12.9. The highest BCUT2D eigenvalue weighted by molar-refractivity contribution is 5.65. The molecule has 1 aliphatic heterocycles. The summed E-state index contributed by atoms with van der Waals surface area (Å²) >= 11 is 0. The Morgan fingerprint density at radius 1 is 1.50 bits per heavy atom. The lowest BCUT2D eigenvalue weighted by Gasteiger charge is -2.35. The maximum absolute atomic E-state index is 10.9. The van der Waals surface area contributed by atoms with Gasteiger partial charge >= 0.3 is 6.09 Å². The van der Waals surface area contributed by atoms with Crippen LogP contribution in [0, 0.1) is 6.92 Å². The van der Waals surface area contributed by atoms with Gasteiger partial charge in [0.1, 0.15) is 6.33 Å². The second kappa shape index (κ2) is 4.75. The van der Waals surface area contributed by atoms with Crippen LogP contribution in [0.15, 0.2) is 18.6 Å². The number of aromatic nitrogens is 3. The third-order valence-corrected chi connectivity index (χ3v) is 3.92. The van der Waals surface area contributed by atoms with Crippen molar-refractivity contribution in [1.82, 2.24) is 19.5 Å². The van der Waals surface area contributed by atoms with E-state index in [2.05, 4.69) is 10.1 Å². The van der Waals surface area contributed by atoms with Crippen LogP contribution < -0.4 is 0 Å². The summed E-state index contributed by atoms with van der Waals surface area (Å²) < 4.78 is 1.68. The number of aliphatic hydroxyl groups is 1. The first-order valence-corrected chi connectivity index (χ1v) is 6.52. The first-order chi connectivity index (χ1) is 9.56. The number of rotatable bonds is 1. The minimum atomic E-state index is -0.981. The number of fused-ring (bicyclic) bond motifs is 1. The quantitative estimate of drug-likeness (QED) is 0.806. The van der Waals surface area contributed by atoms with Gasteiger partial charge in [0.25, 0.3) is 0 Å². The van der Waals surface area contributed by atoms with E-state index in [0.29, 0.717) is 13.0 Å². The summed E-state index contributed by atoms with van der Waals surface area (Å²) in [4.78, 5) is 16.3. The maximum Gasteiger partial charge on any atom is 0.407 e. The van der Waals surface area contributed by atoms with Gasteiger partial charge in [0.2, 0.25) is 0 Å². The number of nitrogens with zero attached hydrogens (tertiary/aromatic N) is 4. The number of pyridine rings is 1. The Kier molecular flexibility index (Phi) is 3.06. The van der Waals surface area contributed by atoms with Crippen LogP contribution >= 0.6 is 0 Å². The van der Waals surface area contributed by atoms with Crippen molar-refractivity contribution in [3.63, 3.8) is 0 Å². The lowest BCUT2D eigenvalue weighted by atomic mass is 9.86. The molecule has 2 atom stereocenters. The molecule has 0 aromatic carbocycles. The normalized spacial score (nSPS) is 23.2. The standard InChI is InChI=1S/C13H16N4O3/c1-8-4-12-14-7-15-17(12)5-10(8)9-2-3-16(13(19)20)6-11(9)18/h4-5,7,9,11,18H,2-3,6H2,1H3,(H,19,20). The van der Waals surface area contributed by atoms with Crippen LogP contribution in [0.3, 0.4) is 0 Å². The lowest BCUT2D eigenvalue weighted by molar-refractivity contribution is 0.0501. The van der Waals surface area contributed by atoms with Gasteiger partial charge in [-0.15, -0.1) is 0 Å². The predicted octanol–water partition coefficient (Wildman–Crippen LogP) is 0.866. The van der Waals surface area contributed by atoms with Gasteiger partial charge in [-0.25, -0.2) is 14.3 Å². The Morgan fingerprint density at radius 2 is 2.30 bits per heavy atom. The number of hydrogen-bond donors (Lipinski definition) is 2. The average Bonchev–Trinajstić information content (AvgIpc) is 2.84. The van der Waals surface area contributed by atoms with Gasteiger partial charge in [0, 0.05) is 18.7 Å². The molecule has 0 spiro atoms. The zero-order valence-corrected chi connectivity index (χ0v) is 11.1. The molecule has 1 aliphatic rings. The molecule has 0 bridgehead atoms. The number of piperidine rings is 1. The van der Waals surface area contributed by atoms with Crippen molar-refractivity contribution in [2.24, 2.45) is 0 Å². The molecule has 106 valence electrons. The number of β-amino-alcohol motifs (C(OH)–C–C–N with tert-alkyl or cyclic N) is 1. The highest BCUT2D eigenvalue weighted by Crippen LogP contribution is 2.30. The van der Waals surface area contributed by atoms with Crippen LogP contribution in [-0.2, 0) is 0 Å². The zero-order chi connectivity index (χ0) is 14.3. The van der Waals surface area contributed by atoms with Crippen molar-refractivity contribution in [2.45, 2.75) is 25.4 Å². The number of aliphatic hydroxyl groups excluding tert-OH is 1. The van der Waals surface area contributed by atoms with Crippen LogP contribution in [0.5, 0.6) is 0 Å². The number of likely N-dealkylation sites (tertiary alicyclic amines) is 1. The zero-order valence-electron chi connectivity index (χ0n) is 11.1. The van der Waals surface area contributed by atoms with E-state index in [4.69, 9.17) is 5.11 Å². The van der Waals surface area contributed by atoms with Crippen LogP contribution in [0.2, 0.25) is 0 Å². The summed E-state index contributed by atoms with van der Waals surface area (Å²) in [5.41, 5.74) is 2.81. The second-order valence-corrected chi connectivity index (χ2v) is 5.17. The molecule has 2 aromatic rings. The van der Waals surface area contributed by atoms with E-state index in [1.165, 1.54) is 11.2 Å². The van der Waals surface area contributed by atoms with Crippen LogP contribution in [0.25, 0.3) is 5.65 Å². The lowest BCUT2D eigenvalue weighted by Crippen LogP contribution is -2.45. The summed E-state index contributed by atoms with van der Waals surface area (Å²) in [6.45, 7) is 2.56. The molecular formula is C13H16N4O3. The van der Waals surface area contributed by atoms with E-state index in [0.717, 1.165) is 16.8 Å². The third-order valence-electron chi connectivity index (χ3n) is 3.92. The summed E-state index contributed by atoms with van der Waals surface area (Å²) in [6, 6.07) is 1.93. The molecule has 2 unspecified atom stereocenters. The van der Waals surface area contributed by atoms with Crippen LogP contribution in [0.4, 0.5) is 4.79 Å². The SMILES string of the molecule is Cc1cc2ncnn2cc1C1CCN(C(=O)O)CC1O. The number of carboxylic acid groups (broad SMARTS) is 1. The summed E-state index contributed by atoms with van der Waals surface area (Å²) in [7, 11) is 0. The highest BCUT2D eigenvalue weighted by Gasteiger charge is 2.32. The van der Waals surface area contributed by atoms with Crippen molar-refractivity contribution in [1.29, 1.82) is 0 Å². The summed E-state index contributed by atoms with van der Waals surface area (Å²) in [5.74, 6) is -0.0702. The highest BCUT2D eigenvalue weighted by atomic mass is 16.4. The van der Waals surface area contributed by atoms with Crippen LogP contribution in [0.1, 0.15) is 23.5 Å². The van der Waals surface area contributed by atoms with Gasteiger partial charge in [-0.3, -0.25) is 0 Å². The monoisotopic (exact) mass is 276 g/mol. The molecule has 1 saturated heterocycles. The van der Waals surface area contributed by atoms with Crippen LogP contribution in [-0.4, -0.2) is 55.0 Å². The fourth-order valence-electron chi connectivity index (χ4n) is 2.83. The molecule has 0 radical (unpaired) electrons. The van der Waals surface area contributed by atoms with Gasteiger partial charge in [-0.05, 0) is 30.5 Å². The van der Waals surface area contributed by atoms with Gasteiger partial charge < -0.3 is 15.1 Å². The van der Waals surface area contributed by atoms with Crippen molar-refractivity contribution in [2.75, 3.05) is 13.1 Å². The van der Waals surface area contributed by atoms with Gasteiger partial charge in [0.15, 0.2) is 5.65 Å². The number of amides is 1. The fraction of sp³-hybridized carbons (Fsp3) is 0.462. The van der Waals surface area contributed by atoms with Crippen molar-refractivity contribution >= 4 is 11.7 Å². The number of hydrogen-bond acceptors (Lipinski definition) is 4. The number of carbonyl (C=O) groups is 1. The molecule has 7 nitrogen and oxygen atoms in total. The molecule has 0 aliphatic carbocycles. The predicted molar refractivity (Wildman–Crippen MR) is 70.7 cm³/mol. The van der Waals surface area contributed by atoms with E-state index in [1.54, 1.807) is 4.52 Å². The second-order valence-electron chi connectivity index (χ2n) is 5.17. The fourth-order valence-corrected chi connectivity index (χ4v) is 2.83. The Morgan fingerprint density at radius 3 is 3.00 bits per heavy atom. The summed E-state index contributed by atoms with van der Waals surface area (Å²) in [5, 5.41) is 23.3. The minimum absolute atomic E-state index is 0.0702. The van der Waals surface area contributed by atoms with E-state index in [9.17, 15) is 9.90 Å². The smallest absolute Gasteiger partial charge is 0.407 e. The largest absolute Gasteiger partial charge is 0.465 e. The molecule has 2 N–H and O–H groups in total. The molecule has 1 fully saturated rings. The molecule has 0 saturated carbocycles. The molecule has 3 rings (SSSR count). The molecule has 3 heterocycles. The Labute approximate surface area is 115 Å². The van der Waals surface area contributed by atoms with Gasteiger partial charge in [-0.1, -0.05) is 0 Å². The first-order valence-electron chi connectivity index (χ1n) is 6.52. The van der Waals surface area contributed by atoms with Crippen molar-refractivity contribution < 1.29 is 15.0 Å². The molecule has 7 heteroatoms. The van der Waals surface area contributed by atoms with Gasteiger partial charge in [-0.2, -0.15) is 5.10 Å². The van der Waals surface area contributed by atoms with Crippen molar-refractivity contribution in [3.8, 4) is 0 Å². The molecule has 1 amide bonds.